The molecule has 0 amide bonds. The maximum Gasteiger partial charge on any atom is 0.344 e. The number of fused-ring (bicyclic) bond motifs is 1. The van der Waals surface area contributed by atoms with Crippen LogP contribution in [0, 0.1) is 0 Å². The summed E-state index contributed by atoms with van der Waals surface area (Å²) in [6.07, 6.45) is -0.137. The summed E-state index contributed by atoms with van der Waals surface area (Å²) < 4.78 is 37.6. The third kappa shape index (κ3) is 3.35. The third-order valence-corrected chi connectivity index (χ3v) is 6.79. The third-order valence-electron chi connectivity index (χ3n) is 4.94. The van der Waals surface area contributed by atoms with E-state index in [4.69, 9.17) is 9.47 Å². The van der Waals surface area contributed by atoms with Crippen LogP contribution in [-0.4, -0.2) is 45.9 Å². The van der Waals surface area contributed by atoms with E-state index >= 15 is 0 Å². The van der Waals surface area contributed by atoms with E-state index in [1.54, 1.807) is 18.2 Å². The average Bonchev–Trinajstić information content (AvgIpc) is 3.08. The molecule has 30 heavy (non-hydrogen) atoms. The lowest BCUT2D eigenvalue weighted by atomic mass is 9.94. The van der Waals surface area contributed by atoms with E-state index in [-0.39, 0.29) is 29.2 Å². The highest BCUT2D eigenvalue weighted by Gasteiger charge is 2.62. The van der Waals surface area contributed by atoms with Gasteiger partial charge in [-0.2, -0.15) is 0 Å². The number of benzene rings is 2. The van der Waals surface area contributed by atoms with Gasteiger partial charge in [0.15, 0.2) is 0 Å². The highest BCUT2D eigenvalue weighted by Crippen LogP contribution is 2.44. The molecule has 8 nitrogen and oxygen atoms in total. The fraction of sp³-hybridized carbons (Fsp3) is 0.286. The van der Waals surface area contributed by atoms with Crippen LogP contribution in [0.4, 0.5) is 5.69 Å². The Morgan fingerprint density at radius 1 is 1.00 bits per heavy atom. The summed E-state index contributed by atoms with van der Waals surface area (Å²) in [6.45, 7) is 1.44. The number of ether oxygens (including phenoxy) is 2. The Morgan fingerprint density at radius 3 is 2.13 bits per heavy atom. The van der Waals surface area contributed by atoms with Crippen molar-refractivity contribution in [1.82, 2.24) is 0 Å². The van der Waals surface area contributed by atoms with Gasteiger partial charge in [0.2, 0.25) is 0 Å². The zero-order chi connectivity index (χ0) is 22.1. The molecule has 0 radical (unpaired) electrons. The molecule has 0 fully saturated rings. The molecule has 1 heterocycles. The van der Waals surface area contributed by atoms with Crippen molar-refractivity contribution in [3.8, 4) is 0 Å². The van der Waals surface area contributed by atoms with Crippen molar-refractivity contribution in [2.24, 2.45) is 0 Å². The maximum absolute atomic E-state index is 13.6. The van der Waals surface area contributed by atoms with Gasteiger partial charge in [0, 0.05) is 12.8 Å². The first-order chi connectivity index (χ1) is 14.2. The molecule has 0 spiro atoms. The molecule has 0 saturated heterocycles. The van der Waals surface area contributed by atoms with Gasteiger partial charge in [0.25, 0.3) is 15.6 Å². The van der Waals surface area contributed by atoms with E-state index in [2.05, 4.69) is 0 Å². The fourth-order valence-electron chi connectivity index (χ4n) is 3.69. The zero-order valence-electron chi connectivity index (χ0n) is 16.7. The Kier molecular flexibility index (Phi) is 5.67. The van der Waals surface area contributed by atoms with Crippen LogP contribution >= 0.6 is 0 Å². The summed E-state index contributed by atoms with van der Waals surface area (Å²) in [6, 6.07) is 12.2. The van der Waals surface area contributed by atoms with E-state index in [1.807, 2.05) is 0 Å². The van der Waals surface area contributed by atoms with Gasteiger partial charge >= 0.3 is 11.9 Å². The van der Waals surface area contributed by atoms with Gasteiger partial charge in [0.1, 0.15) is 5.78 Å². The van der Waals surface area contributed by atoms with Crippen LogP contribution in [0.3, 0.4) is 0 Å². The molecule has 3 rings (SSSR count). The van der Waals surface area contributed by atoms with E-state index in [9.17, 15) is 22.8 Å². The topological polar surface area (TPSA) is 107 Å². The van der Waals surface area contributed by atoms with Crippen LogP contribution in [0.2, 0.25) is 0 Å². The molecule has 158 valence electrons. The summed E-state index contributed by atoms with van der Waals surface area (Å²) in [5.41, 5.74) is -1.04. The fourth-order valence-corrected chi connectivity index (χ4v) is 5.47. The van der Waals surface area contributed by atoms with Crippen molar-refractivity contribution in [2.75, 3.05) is 18.5 Å². The van der Waals surface area contributed by atoms with Crippen LogP contribution in [0.5, 0.6) is 0 Å². The first-order valence-electron chi connectivity index (χ1n) is 9.07. The Morgan fingerprint density at radius 2 is 1.60 bits per heavy atom. The molecule has 0 aliphatic carbocycles. The Labute approximate surface area is 174 Å². The number of rotatable bonds is 6. The minimum Gasteiger partial charge on any atom is -0.467 e. The van der Waals surface area contributed by atoms with Crippen LogP contribution in [-0.2, 0) is 46.7 Å². The predicted octanol–water partition coefficient (Wildman–Crippen LogP) is 1.65. The van der Waals surface area contributed by atoms with Crippen molar-refractivity contribution in [3.63, 3.8) is 0 Å². The number of sulfonamides is 1. The van der Waals surface area contributed by atoms with Gasteiger partial charge in [-0.1, -0.05) is 30.3 Å². The average molecular weight is 431 g/mol. The minimum atomic E-state index is -4.34. The number of carbonyl (C=O) groups excluding carboxylic acids is 3. The summed E-state index contributed by atoms with van der Waals surface area (Å²) in [5.74, 6) is -2.19. The molecule has 2 aromatic carbocycles. The van der Waals surface area contributed by atoms with Crippen molar-refractivity contribution < 1.29 is 32.3 Å². The van der Waals surface area contributed by atoms with E-state index < -0.39 is 27.5 Å². The number of esters is 2. The van der Waals surface area contributed by atoms with Crippen LogP contribution in [0.1, 0.15) is 18.1 Å². The number of nitrogens with zero attached hydrogens (tertiary/aromatic N) is 1. The number of hydrogen-bond acceptors (Lipinski definition) is 7. The number of anilines is 1. The highest BCUT2D eigenvalue weighted by molar-refractivity contribution is 7.93. The van der Waals surface area contributed by atoms with Gasteiger partial charge in [-0.05, 0) is 36.2 Å². The lowest BCUT2D eigenvalue weighted by molar-refractivity contribution is -0.160. The zero-order valence-corrected chi connectivity index (χ0v) is 17.6. The van der Waals surface area contributed by atoms with Crippen molar-refractivity contribution in [3.05, 3.63) is 59.7 Å². The van der Waals surface area contributed by atoms with Gasteiger partial charge in [-0.3, -0.25) is 4.79 Å². The van der Waals surface area contributed by atoms with E-state index in [1.165, 1.54) is 37.3 Å². The monoisotopic (exact) mass is 431 g/mol. The Bertz CT molecular complexity index is 1090. The van der Waals surface area contributed by atoms with Crippen molar-refractivity contribution >= 4 is 33.4 Å². The van der Waals surface area contributed by atoms with Crippen LogP contribution in [0.25, 0.3) is 0 Å². The Hall–Kier alpha value is -3.20. The number of ketones is 1. The number of methoxy groups -OCH3 is 2. The largest absolute Gasteiger partial charge is 0.467 e. The maximum atomic E-state index is 13.6. The second-order valence-electron chi connectivity index (χ2n) is 6.94. The molecule has 1 aliphatic heterocycles. The molecular formula is C21H21NO7S. The number of carbonyl (C=O) groups is 3. The SMILES string of the molecule is COC(=O)C1(C(=O)OC)Cc2cc(CC(C)=O)ccc2N1S(=O)(=O)c1ccccc1. The minimum absolute atomic E-state index is 0.0751. The number of hydrogen-bond donors (Lipinski definition) is 0. The molecule has 0 unspecified atom stereocenters. The van der Waals surface area contributed by atoms with Gasteiger partial charge in [0.05, 0.1) is 24.8 Å². The highest BCUT2D eigenvalue weighted by atomic mass is 32.2. The van der Waals surface area contributed by atoms with Crippen molar-refractivity contribution in [2.45, 2.75) is 30.2 Å². The van der Waals surface area contributed by atoms with E-state index in [0.717, 1.165) is 18.5 Å². The Balaban J connectivity index is 2.29. The molecule has 1 aliphatic rings. The molecular weight excluding hydrogens is 410 g/mol. The molecule has 0 atom stereocenters. The second kappa shape index (κ2) is 7.91. The normalized spacial score (nSPS) is 14.7. The van der Waals surface area contributed by atoms with Crippen LogP contribution in [0.15, 0.2) is 53.4 Å². The smallest absolute Gasteiger partial charge is 0.344 e. The second-order valence-corrected chi connectivity index (χ2v) is 8.73. The standard InChI is InChI=1S/C21H21NO7S/c1-14(23)11-15-9-10-18-16(12-15)13-21(19(24)28-2,20(25)29-3)22(18)30(26,27)17-7-5-4-6-8-17/h4-10,12H,11,13H2,1-3H3. The molecule has 2 aromatic rings. The first-order valence-corrected chi connectivity index (χ1v) is 10.5. The number of Topliss-reactive ketones (excluding diaryl/α,β-unsaturated/α-hetero) is 1. The summed E-state index contributed by atoms with van der Waals surface area (Å²) in [4.78, 5) is 37.2. The van der Waals surface area contributed by atoms with Gasteiger partial charge in [-0.25, -0.2) is 22.3 Å². The van der Waals surface area contributed by atoms with Crippen LogP contribution < -0.4 is 4.31 Å². The predicted molar refractivity (Wildman–Crippen MR) is 107 cm³/mol. The van der Waals surface area contributed by atoms with E-state index in [0.29, 0.717) is 11.1 Å². The molecule has 9 heteroatoms. The van der Waals surface area contributed by atoms with Gasteiger partial charge < -0.3 is 9.47 Å². The summed E-state index contributed by atoms with van der Waals surface area (Å²) in [7, 11) is -2.19. The lowest BCUT2D eigenvalue weighted by Gasteiger charge is -2.34. The molecule has 0 N–H and O–H groups in total. The molecule has 0 saturated carbocycles. The van der Waals surface area contributed by atoms with Gasteiger partial charge in [-0.15, -0.1) is 0 Å². The lowest BCUT2D eigenvalue weighted by Crippen LogP contribution is -2.61. The summed E-state index contributed by atoms with van der Waals surface area (Å²) in [5, 5.41) is 0. The first kappa shape index (κ1) is 21.5. The van der Waals surface area contributed by atoms with Crippen molar-refractivity contribution in [1.29, 1.82) is 0 Å². The molecule has 0 aromatic heterocycles. The quantitative estimate of drug-likeness (QED) is 0.506. The summed E-state index contributed by atoms with van der Waals surface area (Å²) >= 11 is 0. The molecule has 0 bridgehead atoms.